The molecule has 1 aromatic heterocycles. The summed E-state index contributed by atoms with van der Waals surface area (Å²) >= 11 is 1.82. The lowest BCUT2D eigenvalue weighted by Gasteiger charge is -2.37. The minimum atomic E-state index is 0. The Hall–Kier alpha value is -1.32. The highest BCUT2D eigenvalue weighted by molar-refractivity contribution is 14.0. The molecule has 1 N–H and O–H groups in total. The average Bonchev–Trinajstić information content (AvgIpc) is 3.30. The van der Waals surface area contributed by atoms with Gasteiger partial charge in [0.2, 0.25) is 0 Å². The van der Waals surface area contributed by atoms with E-state index in [0.29, 0.717) is 6.61 Å². The lowest BCUT2D eigenvalue weighted by molar-refractivity contribution is 0.0530. The fourth-order valence-electron chi connectivity index (χ4n) is 3.91. The summed E-state index contributed by atoms with van der Waals surface area (Å²) in [6.45, 7) is 8.97. The van der Waals surface area contributed by atoms with Crippen LogP contribution in [0, 0.1) is 0 Å². The molecule has 1 fully saturated rings. The molecule has 7 heteroatoms. The predicted molar refractivity (Wildman–Crippen MR) is 141 cm³/mol. The Labute approximate surface area is 208 Å². The number of halogens is 1. The average molecular weight is 558 g/mol. The van der Waals surface area contributed by atoms with E-state index in [1.807, 2.05) is 18.3 Å². The normalized spacial score (nSPS) is 15.8. The molecule has 3 rings (SSSR count). The molecule has 0 aliphatic carbocycles. The Balaban J connectivity index is 0.00000341. The first-order valence-corrected chi connectivity index (χ1v) is 11.9. The van der Waals surface area contributed by atoms with Crippen molar-refractivity contribution in [2.45, 2.75) is 38.5 Å². The van der Waals surface area contributed by atoms with Crippen LogP contribution in [0.2, 0.25) is 0 Å². The second-order valence-electron chi connectivity index (χ2n) is 7.77. The summed E-state index contributed by atoms with van der Waals surface area (Å²) in [7, 11) is 2.13. The van der Waals surface area contributed by atoms with Crippen LogP contribution in [-0.4, -0.2) is 57.4 Å². The molecule has 2 aromatic rings. The lowest BCUT2D eigenvalue weighted by Crippen LogP contribution is -2.42. The molecule has 0 unspecified atom stereocenters. The fourth-order valence-corrected chi connectivity index (χ4v) is 4.60. The van der Waals surface area contributed by atoms with Crippen LogP contribution in [0.4, 0.5) is 0 Å². The maximum Gasteiger partial charge on any atom is 0.193 e. The van der Waals surface area contributed by atoms with E-state index in [1.54, 1.807) is 0 Å². The van der Waals surface area contributed by atoms with Gasteiger partial charge in [-0.1, -0.05) is 18.2 Å². The van der Waals surface area contributed by atoms with Gasteiger partial charge in [0.05, 0.1) is 13.2 Å². The number of likely N-dealkylation sites (N-methyl/N-ethyl adjacent to an activating group) is 1. The van der Waals surface area contributed by atoms with Crippen molar-refractivity contribution >= 4 is 41.3 Å². The molecule has 1 aliphatic heterocycles. The summed E-state index contributed by atoms with van der Waals surface area (Å²) in [5.41, 5.74) is 1.34. The van der Waals surface area contributed by atoms with Crippen LogP contribution in [0.1, 0.15) is 37.1 Å². The molecule has 1 aliphatic rings. The predicted octanol–water partition coefficient (Wildman–Crippen LogP) is 4.95. The van der Waals surface area contributed by atoms with Crippen molar-refractivity contribution in [2.75, 3.05) is 46.5 Å². The van der Waals surface area contributed by atoms with Crippen molar-refractivity contribution < 1.29 is 9.47 Å². The van der Waals surface area contributed by atoms with E-state index in [0.717, 1.165) is 63.8 Å². The zero-order valence-electron chi connectivity index (χ0n) is 18.9. The molecule has 1 saturated heterocycles. The Morgan fingerprint density at radius 2 is 1.94 bits per heavy atom. The van der Waals surface area contributed by atoms with Crippen molar-refractivity contribution in [1.82, 2.24) is 10.2 Å². The van der Waals surface area contributed by atoms with E-state index < -0.39 is 0 Å². The highest BCUT2D eigenvalue weighted by Crippen LogP contribution is 2.36. The van der Waals surface area contributed by atoms with Crippen LogP contribution >= 0.6 is 35.3 Å². The van der Waals surface area contributed by atoms with E-state index in [2.05, 4.69) is 66.0 Å². The smallest absolute Gasteiger partial charge is 0.193 e. The number of benzene rings is 1. The second kappa shape index (κ2) is 13.3. The minimum Gasteiger partial charge on any atom is -0.494 e. The molecule has 5 nitrogen and oxygen atoms in total. The van der Waals surface area contributed by atoms with Crippen LogP contribution in [0.15, 0.2) is 46.8 Å². The van der Waals surface area contributed by atoms with E-state index in [1.165, 1.54) is 10.4 Å². The van der Waals surface area contributed by atoms with Crippen LogP contribution in [0.5, 0.6) is 5.75 Å². The summed E-state index contributed by atoms with van der Waals surface area (Å²) in [5, 5.41) is 5.61. The molecule has 0 radical (unpaired) electrons. The van der Waals surface area contributed by atoms with Gasteiger partial charge in [-0.2, -0.15) is 0 Å². The van der Waals surface area contributed by atoms with Crippen LogP contribution in [0.25, 0.3) is 0 Å². The lowest BCUT2D eigenvalue weighted by atomic mass is 9.74. The summed E-state index contributed by atoms with van der Waals surface area (Å²) in [5.74, 6) is 1.90. The summed E-state index contributed by atoms with van der Waals surface area (Å²) < 4.78 is 11.3. The van der Waals surface area contributed by atoms with Gasteiger partial charge in [0.25, 0.3) is 0 Å². The summed E-state index contributed by atoms with van der Waals surface area (Å²) in [6.07, 6.45) is 3.02. The maximum atomic E-state index is 5.69. The molecule has 0 atom stereocenters. The third kappa shape index (κ3) is 7.36. The number of hydrogen-bond donors (Lipinski definition) is 1. The van der Waals surface area contributed by atoms with Gasteiger partial charge in [-0.25, -0.2) is 0 Å². The molecule has 0 saturated carbocycles. The quantitative estimate of drug-likeness (QED) is 0.269. The minimum absolute atomic E-state index is 0. The molecule has 0 bridgehead atoms. The zero-order valence-corrected chi connectivity index (χ0v) is 22.1. The third-order valence-electron chi connectivity index (χ3n) is 5.73. The van der Waals surface area contributed by atoms with E-state index >= 15 is 0 Å². The number of guanidine groups is 1. The molecule has 0 spiro atoms. The first kappa shape index (κ1) is 25.9. The van der Waals surface area contributed by atoms with Gasteiger partial charge in [-0.3, -0.25) is 4.99 Å². The molecule has 1 aromatic carbocycles. The van der Waals surface area contributed by atoms with Gasteiger partial charge in [0.15, 0.2) is 5.96 Å². The second-order valence-corrected chi connectivity index (χ2v) is 8.80. The number of nitrogens with one attached hydrogen (secondary N) is 1. The largest absolute Gasteiger partial charge is 0.494 e. The molecule has 0 amide bonds. The fraction of sp³-hybridized carbons (Fsp3) is 0.542. The van der Waals surface area contributed by atoms with Gasteiger partial charge >= 0.3 is 0 Å². The highest BCUT2D eigenvalue weighted by atomic mass is 127. The molecule has 31 heavy (non-hydrogen) atoms. The number of ether oxygens (including phenoxy) is 2. The standard InChI is InChI=1S/C24H35N3O2S.HI/c1-4-25-23(27(3)15-12-22-7-6-18-30-22)26-19-24(13-16-28-17-14-24)20-8-10-21(11-9-20)29-5-2;/h6-11,18H,4-5,12-17,19H2,1-3H3,(H,25,26);1H. The van der Waals surface area contributed by atoms with E-state index in [9.17, 15) is 0 Å². The summed E-state index contributed by atoms with van der Waals surface area (Å²) in [6, 6.07) is 12.9. The highest BCUT2D eigenvalue weighted by Gasteiger charge is 2.34. The molecular formula is C24H36IN3O2S. The number of aliphatic imine (C=N–C) groups is 1. The van der Waals surface area contributed by atoms with Crippen molar-refractivity contribution in [3.05, 3.63) is 52.2 Å². The van der Waals surface area contributed by atoms with Crippen LogP contribution in [-0.2, 0) is 16.6 Å². The number of rotatable bonds is 9. The van der Waals surface area contributed by atoms with Crippen molar-refractivity contribution in [2.24, 2.45) is 4.99 Å². The Morgan fingerprint density at radius 1 is 1.19 bits per heavy atom. The van der Waals surface area contributed by atoms with E-state index in [4.69, 9.17) is 14.5 Å². The van der Waals surface area contributed by atoms with Crippen LogP contribution < -0.4 is 10.1 Å². The SMILES string of the molecule is CCNC(=NCC1(c2ccc(OCC)cc2)CCOCC1)N(C)CCc1cccs1.I. The van der Waals surface area contributed by atoms with Gasteiger partial charge in [0, 0.05) is 43.6 Å². The van der Waals surface area contributed by atoms with Gasteiger partial charge < -0.3 is 19.7 Å². The number of thiophene rings is 1. The molecule has 2 heterocycles. The Morgan fingerprint density at radius 3 is 2.55 bits per heavy atom. The zero-order chi connectivity index (χ0) is 21.2. The van der Waals surface area contributed by atoms with Gasteiger partial charge in [0.1, 0.15) is 5.75 Å². The molecular weight excluding hydrogens is 521 g/mol. The van der Waals surface area contributed by atoms with E-state index in [-0.39, 0.29) is 29.4 Å². The van der Waals surface area contributed by atoms with Crippen molar-refractivity contribution in [1.29, 1.82) is 0 Å². The first-order valence-electron chi connectivity index (χ1n) is 11.0. The summed E-state index contributed by atoms with van der Waals surface area (Å²) in [4.78, 5) is 8.75. The third-order valence-corrected chi connectivity index (χ3v) is 6.67. The monoisotopic (exact) mass is 557 g/mol. The topological polar surface area (TPSA) is 46.1 Å². The maximum absolute atomic E-state index is 5.69. The number of nitrogens with zero attached hydrogens (tertiary/aromatic N) is 2. The van der Waals surface area contributed by atoms with Crippen molar-refractivity contribution in [3.63, 3.8) is 0 Å². The van der Waals surface area contributed by atoms with Gasteiger partial charge in [-0.05, 0) is 62.3 Å². The van der Waals surface area contributed by atoms with Crippen LogP contribution in [0.3, 0.4) is 0 Å². The molecule has 172 valence electrons. The van der Waals surface area contributed by atoms with Crippen molar-refractivity contribution in [3.8, 4) is 5.75 Å². The number of hydrogen-bond acceptors (Lipinski definition) is 4. The van der Waals surface area contributed by atoms with Gasteiger partial charge in [-0.15, -0.1) is 35.3 Å². The first-order chi connectivity index (χ1) is 14.7. The Bertz CT molecular complexity index is 775. The Kier molecular flexibility index (Phi) is 11.1.